The summed E-state index contributed by atoms with van der Waals surface area (Å²) in [6, 6.07) is 7.86. The normalized spacial score (nSPS) is 29.1. The van der Waals surface area contributed by atoms with Crippen molar-refractivity contribution in [1.82, 2.24) is 15.5 Å². The van der Waals surface area contributed by atoms with Crippen molar-refractivity contribution in [2.75, 3.05) is 14.2 Å². The van der Waals surface area contributed by atoms with Crippen LogP contribution in [0.25, 0.3) is 0 Å². The highest BCUT2D eigenvalue weighted by molar-refractivity contribution is 6.37. The van der Waals surface area contributed by atoms with Crippen LogP contribution < -0.4 is 10.6 Å². The molecule has 4 N–H and O–H groups in total. The van der Waals surface area contributed by atoms with Crippen molar-refractivity contribution < 1.29 is 43.6 Å². The molecule has 8 atom stereocenters. The average Bonchev–Trinajstić information content (AvgIpc) is 3.78. The number of rotatable bonds is 6. The van der Waals surface area contributed by atoms with E-state index in [-0.39, 0.29) is 28.1 Å². The second-order valence-electron chi connectivity index (χ2n) is 15.5. The van der Waals surface area contributed by atoms with E-state index in [1.165, 1.54) is 37.9 Å². The van der Waals surface area contributed by atoms with Crippen molar-refractivity contribution in [3.8, 4) is 5.75 Å². The van der Waals surface area contributed by atoms with Crippen molar-refractivity contribution >= 4 is 46.9 Å². The molecule has 0 spiro atoms. The van der Waals surface area contributed by atoms with Crippen LogP contribution >= 0.6 is 23.2 Å². The number of carbonyl (C=O) groups excluding carboxylic acids is 4. The fourth-order valence-electron chi connectivity index (χ4n) is 6.90. The van der Waals surface area contributed by atoms with Crippen LogP contribution in [0.3, 0.4) is 0 Å². The van der Waals surface area contributed by atoms with Crippen LogP contribution in [0.4, 0.5) is 0 Å². The van der Waals surface area contributed by atoms with Gasteiger partial charge >= 0.3 is 5.97 Å². The monoisotopic (exact) mass is 801 g/mol. The fraction of sp³-hybridized carbons (Fsp3) is 0.512. The third kappa shape index (κ3) is 10.5. The summed E-state index contributed by atoms with van der Waals surface area (Å²) in [6.07, 6.45) is 4.08. The Morgan fingerprint density at radius 3 is 2.24 bits per heavy atom. The third-order valence-electron chi connectivity index (χ3n) is 10.2. The van der Waals surface area contributed by atoms with Crippen molar-refractivity contribution in [2.45, 2.75) is 109 Å². The zero-order valence-corrected chi connectivity index (χ0v) is 34.3. The van der Waals surface area contributed by atoms with Gasteiger partial charge < -0.3 is 40.0 Å². The molecule has 2 aromatic carbocycles. The van der Waals surface area contributed by atoms with Gasteiger partial charge in [-0.2, -0.15) is 0 Å². The Hall–Kier alpha value is -3.94. The van der Waals surface area contributed by atoms with Crippen LogP contribution in [0.15, 0.2) is 66.3 Å². The molecule has 4 rings (SSSR count). The van der Waals surface area contributed by atoms with Crippen molar-refractivity contribution in [2.24, 2.45) is 11.8 Å². The molecule has 8 unspecified atom stereocenters. The number of hydrogen-bond acceptors (Lipinski definition) is 9. The number of ether oxygens (including phenoxy) is 3. The molecule has 2 aliphatic heterocycles. The SMILES string of the molecule is COC1CC2OC2(C)C(=O)N(C)C(C(C)C)C(=O)NC(Cc2cc(Cl)c(O)c(Cl)c2)C(=O)NC(C(C)(C)O)C(=O)OC(c2ccccc2)C(C)C=CC=C1C. The Kier molecular flexibility index (Phi) is 14.2. The number of phenols is 1. The van der Waals surface area contributed by atoms with Gasteiger partial charge in [0.05, 0.1) is 27.9 Å². The quantitative estimate of drug-likeness (QED) is 0.219. The number of amides is 3. The summed E-state index contributed by atoms with van der Waals surface area (Å²) >= 11 is 12.4. The summed E-state index contributed by atoms with van der Waals surface area (Å²) in [7, 11) is 3.09. The Bertz CT molecular complexity index is 1770. The minimum Gasteiger partial charge on any atom is -0.505 e. The van der Waals surface area contributed by atoms with Gasteiger partial charge in [0.1, 0.15) is 18.2 Å². The van der Waals surface area contributed by atoms with Gasteiger partial charge in [0.2, 0.25) is 11.8 Å². The molecule has 0 radical (unpaired) electrons. The van der Waals surface area contributed by atoms with E-state index >= 15 is 0 Å². The van der Waals surface area contributed by atoms with Gasteiger partial charge in [0, 0.05) is 32.9 Å². The number of phenolic OH excluding ortho intramolecular Hbond substituents is 1. The number of nitrogens with one attached hydrogen (secondary N) is 2. The van der Waals surface area contributed by atoms with E-state index in [0.717, 1.165) is 5.57 Å². The third-order valence-corrected chi connectivity index (χ3v) is 10.8. The number of benzene rings is 2. The molecule has 2 heterocycles. The lowest BCUT2D eigenvalue weighted by atomic mass is 9.94. The molecular formula is C41H53Cl2N3O9. The lowest BCUT2D eigenvalue weighted by Gasteiger charge is -2.34. The number of fused-ring (bicyclic) bond motifs is 1. The summed E-state index contributed by atoms with van der Waals surface area (Å²) in [6.45, 7) is 11.7. The summed E-state index contributed by atoms with van der Waals surface area (Å²) in [5, 5.41) is 26.7. The molecule has 0 aliphatic carbocycles. The first kappa shape index (κ1) is 43.8. The van der Waals surface area contributed by atoms with Crippen LogP contribution in [0, 0.1) is 11.8 Å². The summed E-state index contributed by atoms with van der Waals surface area (Å²) in [5.74, 6) is -3.98. The number of cyclic esters (lactones) is 1. The Morgan fingerprint density at radius 1 is 1.05 bits per heavy atom. The predicted octanol–water partition coefficient (Wildman–Crippen LogP) is 5.46. The van der Waals surface area contributed by atoms with Gasteiger partial charge in [0.15, 0.2) is 17.4 Å². The molecule has 1 fully saturated rings. The summed E-state index contributed by atoms with van der Waals surface area (Å²) in [4.78, 5) is 57.9. The number of hydrogen-bond donors (Lipinski definition) is 4. The van der Waals surface area contributed by atoms with E-state index in [2.05, 4.69) is 10.6 Å². The Labute approximate surface area is 333 Å². The van der Waals surface area contributed by atoms with Gasteiger partial charge in [-0.05, 0) is 62.4 Å². The number of aliphatic hydroxyl groups is 1. The van der Waals surface area contributed by atoms with Crippen LogP contribution in [0.5, 0.6) is 5.75 Å². The van der Waals surface area contributed by atoms with Gasteiger partial charge in [-0.1, -0.05) is 92.5 Å². The van der Waals surface area contributed by atoms with E-state index in [4.69, 9.17) is 37.4 Å². The fourth-order valence-corrected chi connectivity index (χ4v) is 7.43. The zero-order valence-electron chi connectivity index (χ0n) is 32.8. The Balaban J connectivity index is 1.82. The first-order valence-electron chi connectivity index (χ1n) is 18.3. The average molecular weight is 803 g/mol. The molecule has 14 heteroatoms. The maximum absolute atomic E-state index is 14.3. The molecule has 0 aromatic heterocycles. The van der Waals surface area contributed by atoms with Gasteiger partial charge in [-0.25, -0.2) is 4.79 Å². The van der Waals surface area contributed by atoms with E-state index in [1.54, 1.807) is 27.9 Å². The highest BCUT2D eigenvalue weighted by Crippen LogP contribution is 2.42. The molecule has 55 heavy (non-hydrogen) atoms. The molecule has 1 saturated heterocycles. The topological polar surface area (TPSA) is 167 Å². The lowest BCUT2D eigenvalue weighted by molar-refractivity contribution is -0.162. The molecule has 3 amide bonds. The molecular weight excluding hydrogens is 749 g/mol. The summed E-state index contributed by atoms with van der Waals surface area (Å²) in [5.41, 5.74) is -1.13. The lowest BCUT2D eigenvalue weighted by Crippen LogP contribution is -2.61. The van der Waals surface area contributed by atoms with Crippen molar-refractivity contribution in [3.63, 3.8) is 0 Å². The number of aromatic hydroxyl groups is 1. The van der Waals surface area contributed by atoms with Crippen molar-refractivity contribution in [3.05, 3.63) is 87.4 Å². The number of methoxy groups -OCH3 is 1. The number of carbonyl (C=O) groups is 4. The first-order valence-corrected chi connectivity index (χ1v) is 19.0. The second-order valence-corrected chi connectivity index (χ2v) is 16.3. The molecule has 12 nitrogen and oxygen atoms in total. The second kappa shape index (κ2) is 17.9. The van der Waals surface area contributed by atoms with Crippen LogP contribution in [-0.2, 0) is 39.8 Å². The van der Waals surface area contributed by atoms with Crippen LogP contribution in [0.1, 0.15) is 72.1 Å². The molecule has 300 valence electrons. The van der Waals surface area contributed by atoms with E-state index in [0.29, 0.717) is 17.5 Å². The zero-order chi connectivity index (χ0) is 41.0. The summed E-state index contributed by atoms with van der Waals surface area (Å²) < 4.78 is 17.9. The smallest absolute Gasteiger partial charge is 0.332 e. The molecule has 2 aliphatic rings. The molecule has 0 bridgehead atoms. The first-order chi connectivity index (χ1) is 25.7. The minimum absolute atomic E-state index is 0.0799. The maximum Gasteiger partial charge on any atom is 0.332 e. The van der Waals surface area contributed by atoms with Gasteiger partial charge in [-0.3, -0.25) is 14.4 Å². The Morgan fingerprint density at radius 2 is 1.67 bits per heavy atom. The standard InChI is InChI=1S/C41H53Cl2N3O9/c1-22(2)32-37(49)44-29(20-25-18-27(42)33(47)28(43)19-25)36(48)45-35(40(5,6)52)38(50)54-34(26-16-11-10-12-17-26)24(4)15-13-14-23(3)30(53-9)21-31-41(7,55-31)39(51)46(32)8/h10-19,22,24,29-32,34-35,47,52H,20-21H2,1-9H3,(H,44,49)(H,45,48). The van der Waals surface area contributed by atoms with Gasteiger partial charge in [0.25, 0.3) is 5.91 Å². The van der Waals surface area contributed by atoms with E-state index in [9.17, 15) is 29.4 Å². The minimum atomic E-state index is -1.83. The number of likely N-dealkylation sites (N-methyl/N-ethyl adjacent to an activating group) is 1. The highest BCUT2D eigenvalue weighted by atomic mass is 35.5. The van der Waals surface area contributed by atoms with Crippen LogP contribution in [0.2, 0.25) is 10.0 Å². The van der Waals surface area contributed by atoms with Crippen LogP contribution in [-0.4, -0.2) is 94.5 Å². The highest BCUT2D eigenvalue weighted by Gasteiger charge is 2.61. The number of halogens is 2. The number of allylic oxidation sites excluding steroid dienone is 2. The van der Waals surface area contributed by atoms with Crippen molar-refractivity contribution in [1.29, 1.82) is 0 Å². The number of esters is 1. The predicted molar refractivity (Wildman–Crippen MR) is 209 cm³/mol. The van der Waals surface area contributed by atoms with E-state index in [1.807, 2.05) is 62.4 Å². The number of epoxide rings is 1. The molecule has 2 aromatic rings. The maximum atomic E-state index is 14.3. The van der Waals surface area contributed by atoms with E-state index < -0.39 is 77.2 Å². The number of nitrogens with zero attached hydrogens (tertiary/aromatic N) is 1. The molecule has 0 saturated carbocycles. The largest absolute Gasteiger partial charge is 0.505 e. The van der Waals surface area contributed by atoms with Gasteiger partial charge in [-0.15, -0.1) is 0 Å².